The Labute approximate surface area is 175 Å². The molecule has 0 amide bonds. The standard InChI is InChI=1S/C25H23N3O2/c1-16-12-20(30-2)9-8-19(16)7-5-18-13-22-21-10-6-17(4-3-11-29)14-23(21)28-25(26)24(22)27-15-18/h3-4,6,8-15H,5,7H2,1-2H3,(H2,26,28)/b4-3+. The first kappa shape index (κ1) is 19.6. The van der Waals surface area contributed by atoms with Crippen LogP contribution in [0.25, 0.3) is 27.9 Å². The van der Waals surface area contributed by atoms with E-state index in [1.807, 2.05) is 30.5 Å². The van der Waals surface area contributed by atoms with E-state index < -0.39 is 0 Å². The minimum absolute atomic E-state index is 0.409. The van der Waals surface area contributed by atoms with Gasteiger partial charge in [-0.15, -0.1) is 0 Å². The molecule has 0 saturated carbocycles. The normalized spacial score (nSPS) is 11.4. The molecule has 2 aromatic carbocycles. The predicted molar refractivity (Wildman–Crippen MR) is 122 cm³/mol. The highest BCUT2D eigenvalue weighted by atomic mass is 16.5. The molecular weight excluding hydrogens is 374 g/mol. The van der Waals surface area contributed by atoms with Crippen molar-refractivity contribution in [1.29, 1.82) is 0 Å². The van der Waals surface area contributed by atoms with Crippen LogP contribution < -0.4 is 10.5 Å². The summed E-state index contributed by atoms with van der Waals surface area (Å²) in [6.45, 7) is 2.10. The molecule has 5 nitrogen and oxygen atoms in total. The second-order valence-electron chi connectivity index (χ2n) is 7.30. The summed E-state index contributed by atoms with van der Waals surface area (Å²) in [5, 5.41) is 1.99. The highest BCUT2D eigenvalue weighted by Crippen LogP contribution is 2.28. The van der Waals surface area contributed by atoms with Gasteiger partial charge in [0.2, 0.25) is 0 Å². The van der Waals surface area contributed by atoms with Crippen LogP contribution in [0, 0.1) is 6.92 Å². The highest BCUT2D eigenvalue weighted by Gasteiger charge is 2.10. The van der Waals surface area contributed by atoms with Gasteiger partial charge in [-0.2, -0.15) is 0 Å². The van der Waals surface area contributed by atoms with Crippen molar-refractivity contribution in [1.82, 2.24) is 9.97 Å². The van der Waals surface area contributed by atoms with Gasteiger partial charge in [0.05, 0.1) is 12.6 Å². The summed E-state index contributed by atoms with van der Waals surface area (Å²) in [5.74, 6) is 1.28. The van der Waals surface area contributed by atoms with Crippen molar-refractivity contribution in [3.8, 4) is 5.75 Å². The number of methoxy groups -OCH3 is 1. The number of aldehydes is 1. The molecule has 0 aliphatic carbocycles. The second kappa shape index (κ2) is 8.33. The number of fused-ring (bicyclic) bond motifs is 3. The third kappa shape index (κ3) is 3.87. The van der Waals surface area contributed by atoms with Gasteiger partial charge in [-0.25, -0.2) is 4.98 Å². The van der Waals surface area contributed by atoms with E-state index >= 15 is 0 Å². The Balaban J connectivity index is 1.69. The van der Waals surface area contributed by atoms with Crippen LogP contribution in [0.2, 0.25) is 0 Å². The van der Waals surface area contributed by atoms with Crippen molar-refractivity contribution in [2.75, 3.05) is 12.8 Å². The van der Waals surface area contributed by atoms with Gasteiger partial charge in [-0.1, -0.05) is 24.3 Å². The van der Waals surface area contributed by atoms with Crippen molar-refractivity contribution in [2.24, 2.45) is 0 Å². The molecule has 4 aromatic rings. The van der Waals surface area contributed by atoms with E-state index in [0.29, 0.717) is 11.3 Å². The summed E-state index contributed by atoms with van der Waals surface area (Å²) in [5.41, 5.74) is 12.2. The summed E-state index contributed by atoms with van der Waals surface area (Å²) in [4.78, 5) is 19.7. The van der Waals surface area contributed by atoms with E-state index in [9.17, 15) is 4.79 Å². The smallest absolute Gasteiger partial charge is 0.150 e. The lowest BCUT2D eigenvalue weighted by Gasteiger charge is -2.10. The van der Waals surface area contributed by atoms with Crippen LogP contribution in [-0.4, -0.2) is 23.4 Å². The van der Waals surface area contributed by atoms with Gasteiger partial charge in [0.25, 0.3) is 0 Å². The molecule has 2 N–H and O–H groups in total. The monoisotopic (exact) mass is 397 g/mol. The third-order valence-corrected chi connectivity index (χ3v) is 5.34. The van der Waals surface area contributed by atoms with Gasteiger partial charge >= 0.3 is 0 Å². The van der Waals surface area contributed by atoms with Crippen molar-refractivity contribution >= 4 is 40.0 Å². The number of benzene rings is 2. The van der Waals surface area contributed by atoms with E-state index in [1.165, 1.54) is 17.2 Å². The van der Waals surface area contributed by atoms with E-state index in [1.54, 1.807) is 13.2 Å². The SMILES string of the molecule is COc1ccc(CCc2cnc3c(N)nc4cc(/C=C/C=O)ccc4c3c2)c(C)c1. The van der Waals surface area contributed by atoms with Crippen molar-refractivity contribution < 1.29 is 9.53 Å². The fourth-order valence-corrected chi connectivity index (χ4v) is 3.71. The molecule has 5 heteroatoms. The fourth-order valence-electron chi connectivity index (χ4n) is 3.71. The molecule has 4 rings (SSSR count). The topological polar surface area (TPSA) is 78.1 Å². The second-order valence-corrected chi connectivity index (χ2v) is 7.30. The van der Waals surface area contributed by atoms with Crippen LogP contribution in [0.15, 0.2) is 54.7 Å². The zero-order valence-electron chi connectivity index (χ0n) is 17.1. The number of allylic oxidation sites excluding steroid dienone is 1. The van der Waals surface area contributed by atoms with Crippen LogP contribution in [-0.2, 0) is 17.6 Å². The molecule has 0 aliphatic rings. The number of aromatic nitrogens is 2. The quantitative estimate of drug-likeness (QED) is 0.290. The molecule has 0 unspecified atom stereocenters. The molecule has 0 bridgehead atoms. The maximum absolute atomic E-state index is 10.6. The first-order chi connectivity index (χ1) is 14.6. The fraction of sp³-hybridized carbons (Fsp3) is 0.160. The van der Waals surface area contributed by atoms with Gasteiger partial charge < -0.3 is 10.5 Å². The van der Waals surface area contributed by atoms with Crippen molar-refractivity contribution in [3.63, 3.8) is 0 Å². The number of rotatable bonds is 6. The average Bonchev–Trinajstić information content (AvgIpc) is 2.76. The number of nitrogens with zero attached hydrogens (tertiary/aromatic N) is 2. The average molecular weight is 397 g/mol. The first-order valence-electron chi connectivity index (χ1n) is 9.82. The molecule has 2 heterocycles. The van der Waals surface area contributed by atoms with Crippen molar-refractivity contribution in [2.45, 2.75) is 19.8 Å². The van der Waals surface area contributed by atoms with Crippen LogP contribution in [0.4, 0.5) is 5.82 Å². The lowest BCUT2D eigenvalue weighted by Crippen LogP contribution is -1.99. The van der Waals surface area contributed by atoms with Gasteiger partial charge in [0, 0.05) is 17.0 Å². The molecule has 0 atom stereocenters. The lowest BCUT2D eigenvalue weighted by atomic mass is 9.99. The summed E-state index contributed by atoms with van der Waals surface area (Å²) < 4.78 is 5.29. The van der Waals surface area contributed by atoms with Crippen LogP contribution in [0.1, 0.15) is 22.3 Å². The number of ether oxygens (including phenoxy) is 1. The predicted octanol–water partition coefficient (Wildman–Crippen LogP) is 4.68. The molecule has 150 valence electrons. The van der Waals surface area contributed by atoms with Gasteiger partial charge in [0.1, 0.15) is 17.6 Å². The highest BCUT2D eigenvalue weighted by molar-refractivity contribution is 6.08. The van der Waals surface area contributed by atoms with Crippen molar-refractivity contribution in [3.05, 3.63) is 77.0 Å². The molecule has 0 radical (unpaired) electrons. The maximum Gasteiger partial charge on any atom is 0.150 e. The maximum atomic E-state index is 10.6. The molecule has 0 aliphatic heterocycles. The lowest BCUT2D eigenvalue weighted by molar-refractivity contribution is -0.104. The first-order valence-corrected chi connectivity index (χ1v) is 9.82. The van der Waals surface area contributed by atoms with Crippen LogP contribution >= 0.6 is 0 Å². The number of hydrogen-bond donors (Lipinski definition) is 1. The van der Waals surface area contributed by atoms with Gasteiger partial charge in [-0.05, 0) is 72.4 Å². The number of hydrogen-bond acceptors (Lipinski definition) is 5. The zero-order chi connectivity index (χ0) is 21.1. The van der Waals surface area contributed by atoms with E-state index in [2.05, 4.69) is 35.1 Å². The Bertz CT molecular complexity index is 1280. The summed E-state index contributed by atoms with van der Waals surface area (Å²) >= 11 is 0. The largest absolute Gasteiger partial charge is 0.497 e. The minimum Gasteiger partial charge on any atom is -0.497 e. The Morgan fingerprint density at radius 3 is 2.70 bits per heavy atom. The minimum atomic E-state index is 0.409. The Kier molecular flexibility index (Phi) is 5.44. The molecular formula is C25H23N3O2. The third-order valence-electron chi connectivity index (χ3n) is 5.34. The van der Waals surface area contributed by atoms with Gasteiger partial charge in [-0.3, -0.25) is 9.78 Å². The van der Waals surface area contributed by atoms with E-state index in [0.717, 1.165) is 52.3 Å². The zero-order valence-corrected chi connectivity index (χ0v) is 17.1. The summed E-state index contributed by atoms with van der Waals surface area (Å²) in [7, 11) is 1.68. The van der Waals surface area contributed by atoms with Crippen LogP contribution in [0.3, 0.4) is 0 Å². The van der Waals surface area contributed by atoms with E-state index in [4.69, 9.17) is 10.5 Å². The van der Waals surface area contributed by atoms with E-state index in [-0.39, 0.29) is 0 Å². The summed E-state index contributed by atoms with van der Waals surface area (Å²) in [6.07, 6.45) is 7.65. The van der Waals surface area contributed by atoms with Crippen LogP contribution in [0.5, 0.6) is 5.75 Å². The number of anilines is 1. The molecule has 30 heavy (non-hydrogen) atoms. The number of nitrogens with two attached hydrogens (primary N) is 1. The Morgan fingerprint density at radius 1 is 1.07 bits per heavy atom. The number of aryl methyl sites for hydroxylation is 3. The Hall–Kier alpha value is -3.73. The number of nitrogen functional groups attached to an aromatic ring is 1. The number of carbonyl (C=O) groups excluding carboxylic acids is 1. The Morgan fingerprint density at radius 2 is 1.93 bits per heavy atom. The molecule has 2 aromatic heterocycles. The molecule has 0 saturated heterocycles. The van der Waals surface area contributed by atoms with Gasteiger partial charge in [0.15, 0.2) is 5.82 Å². The number of pyridine rings is 2. The molecule has 0 fully saturated rings. The number of carbonyl (C=O) groups is 1. The molecule has 0 spiro atoms. The summed E-state index contributed by atoms with van der Waals surface area (Å²) in [6, 6.07) is 14.2.